The molecule has 6 unspecified atom stereocenters. The van der Waals surface area contributed by atoms with E-state index in [1.807, 2.05) is 18.2 Å². The maximum atomic E-state index is 12.7. The van der Waals surface area contributed by atoms with Gasteiger partial charge in [-0.1, -0.05) is 131 Å². The lowest BCUT2D eigenvalue weighted by atomic mass is 10.1. The average Bonchev–Trinajstić information content (AvgIpc) is 4.26. The molecule has 0 aromatic rings. The quantitative estimate of drug-likeness (QED) is 0.0153. The maximum Gasteiger partial charge on any atom is 0.307 e. The molecule has 9 heteroatoms. The predicted octanol–water partition coefficient (Wildman–Crippen LogP) is 10.4. The van der Waals surface area contributed by atoms with Crippen LogP contribution in [0.4, 0.5) is 0 Å². The summed E-state index contributed by atoms with van der Waals surface area (Å²) in [6, 6.07) is 0. The summed E-state index contributed by atoms with van der Waals surface area (Å²) >= 11 is 0. The molecule has 3 heterocycles. The predicted molar refractivity (Wildman–Crippen MR) is 260 cm³/mol. The second-order valence-electron chi connectivity index (χ2n) is 16.9. The van der Waals surface area contributed by atoms with Crippen molar-refractivity contribution in [3.63, 3.8) is 0 Å². The number of carbonyl (C=O) groups excluding carboxylic acids is 3. The number of esters is 3. The van der Waals surface area contributed by atoms with E-state index in [9.17, 15) is 14.4 Å². The molecule has 0 aromatic carbocycles. The molecule has 0 N–H and O–H groups in total. The highest BCUT2D eigenvalue weighted by molar-refractivity contribution is 5.71. The fraction of sp³-hybridized carbons (Fsp3) is 0.632. The van der Waals surface area contributed by atoms with Gasteiger partial charge in [0.1, 0.15) is 31.5 Å². The molecule has 3 saturated heterocycles. The highest BCUT2D eigenvalue weighted by atomic mass is 16.6. The van der Waals surface area contributed by atoms with Crippen molar-refractivity contribution in [3.05, 3.63) is 38.0 Å². The van der Waals surface area contributed by atoms with Gasteiger partial charge in [-0.25, -0.2) is 0 Å². The van der Waals surface area contributed by atoms with E-state index in [1.54, 1.807) is 0 Å². The van der Waals surface area contributed by atoms with Crippen LogP contribution < -0.4 is 0 Å². The molecule has 3 fully saturated rings. The number of unbranched alkanes of at least 4 members (excludes halogenated alkanes) is 15. The van der Waals surface area contributed by atoms with Gasteiger partial charge in [0.05, 0.1) is 37.6 Å². The summed E-state index contributed by atoms with van der Waals surface area (Å²) in [5.74, 6) is 32.9. The molecular formula is C57H74O9. The largest absolute Gasteiger partial charge is 0.462 e. The summed E-state index contributed by atoms with van der Waals surface area (Å²) in [5, 5.41) is 0. The van der Waals surface area contributed by atoms with Crippen LogP contribution in [-0.4, -0.2) is 73.8 Å². The molecule has 0 aliphatic carbocycles. The monoisotopic (exact) mass is 903 g/mol. The number of carbonyl (C=O) groups is 3. The van der Waals surface area contributed by atoms with Crippen molar-refractivity contribution in [1.29, 1.82) is 0 Å². The maximum absolute atomic E-state index is 12.7. The molecule has 0 radical (unpaired) electrons. The van der Waals surface area contributed by atoms with Crippen LogP contribution in [0, 0.1) is 71.0 Å². The topological polar surface area (TPSA) is 116 Å². The van der Waals surface area contributed by atoms with Crippen molar-refractivity contribution in [3.8, 4) is 71.0 Å². The molecule has 0 amide bonds. The van der Waals surface area contributed by atoms with Crippen molar-refractivity contribution in [2.45, 2.75) is 216 Å². The smallest absolute Gasteiger partial charge is 0.307 e. The average molecular weight is 903 g/mol. The minimum Gasteiger partial charge on any atom is -0.462 e. The Labute approximate surface area is 397 Å². The van der Waals surface area contributed by atoms with Crippen LogP contribution in [0.25, 0.3) is 0 Å². The third-order valence-corrected chi connectivity index (χ3v) is 11.1. The van der Waals surface area contributed by atoms with E-state index in [4.69, 9.17) is 28.4 Å². The number of rotatable bonds is 35. The van der Waals surface area contributed by atoms with Gasteiger partial charge < -0.3 is 28.4 Å². The SMILES string of the molecule is C=CCCCCCCCC1OC1C#CC#CCCC(=O)OCC(COC(=O)CCC#CC#CC1OC1CCCCCCCC=C)OC(=O)CCC#CC#CC1OC1CCCCCCCC=C. The zero-order chi connectivity index (χ0) is 47.1. The Balaban J connectivity index is 1.35. The first-order valence-corrected chi connectivity index (χ1v) is 24.7. The minimum atomic E-state index is -1.00. The van der Waals surface area contributed by atoms with Gasteiger partial charge in [0.15, 0.2) is 6.10 Å². The van der Waals surface area contributed by atoms with Crippen LogP contribution in [0.3, 0.4) is 0 Å². The number of hydrogen-bond donors (Lipinski definition) is 0. The van der Waals surface area contributed by atoms with Crippen molar-refractivity contribution >= 4 is 17.9 Å². The van der Waals surface area contributed by atoms with E-state index >= 15 is 0 Å². The van der Waals surface area contributed by atoms with Crippen molar-refractivity contribution in [2.75, 3.05) is 13.2 Å². The van der Waals surface area contributed by atoms with Gasteiger partial charge in [0.25, 0.3) is 0 Å². The number of hydrogen-bond acceptors (Lipinski definition) is 9. The summed E-state index contributed by atoms with van der Waals surface area (Å²) in [6.45, 7) is 10.7. The molecular weight excluding hydrogens is 829 g/mol. The third kappa shape index (κ3) is 30.1. The van der Waals surface area contributed by atoms with Crippen molar-refractivity contribution < 1.29 is 42.8 Å². The van der Waals surface area contributed by atoms with E-state index in [-0.39, 0.29) is 88.4 Å². The van der Waals surface area contributed by atoms with Crippen LogP contribution in [0.2, 0.25) is 0 Å². The summed E-state index contributed by atoms with van der Waals surface area (Å²) in [4.78, 5) is 37.8. The molecule has 3 aliphatic heterocycles. The number of epoxide rings is 3. The molecule has 6 atom stereocenters. The lowest BCUT2D eigenvalue weighted by molar-refractivity contribution is -0.166. The second kappa shape index (κ2) is 37.0. The van der Waals surface area contributed by atoms with Gasteiger partial charge in [-0.15, -0.1) is 19.7 Å². The lowest BCUT2D eigenvalue weighted by Crippen LogP contribution is -2.30. The van der Waals surface area contributed by atoms with Crippen LogP contribution >= 0.6 is 0 Å². The van der Waals surface area contributed by atoms with E-state index < -0.39 is 24.0 Å². The Morgan fingerprint density at radius 1 is 0.439 bits per heavy atom. The Bertz CT molecular complexity index is 1790. The minimum absolute atomic E-state index is 0.0121. The van der Waals surface area contributed by atoms with E-state index in [0.29, 0.717) is 0 Å². The first kappa shape index (κ1) is 55.2. The van der Waals surface area contributed by atoms with Crippen LogP contribution in [0.15, 0.2) is 38.0 Å². The van der Waals surface area contributed by atoms with Gasteiger partial charge in [0, 0.05) is 19.3 Å². The summed E-state index contributed by atoms with van der Waals surface area (Å²) in [6.07, 6.45) is 30.2. The molecule has 3 aliphatic rings. The molecule has 356 valence electrons. The summed E-state index contributed by atoms with van der Waals surface area (Å²) in [7, 11) is 0. The van der Waals surface area contributed by atoms with Gasteiger partial charge in [0.2, 0.25) is 0 Å². The Kier molecular flexibility index (Phi) is 31.0. The molecule has 0 spiro atoms. The standard InChI is InChI=1S/C57H74O9/c1-4-7-10-13-16-19-28-37-49-52(64-49)40-31-22-25-34-43-55(58)61-46-48(63-57(60)45-36-27-24-33-42-54-51(66-54)39-30-21-18-15-12-9-6-3)47-62-56(59)44-35-26-23-32-41-53-50(65-53)38-29-20-17-14-11-8-5-2/h4-6,48-54H,1-3,7-21,28-30,34-39,43-47H2. The first-order chi connectivity index (χ1) is 32.4. The van der Waals surface area contributed by atoms with Crippen LogP contribution in [0.5, 0.6) is 0 Å². The summed E-state index contributed by atoms with van der Waals surface area (Å²) in [5.41, 5.74) is 0. The first-order valence-electron chi connectivity index (χ1n) is 24.7. The molecule has 0 aromatic heterocycles. The molecule has 0 bridgehead atoms. The van der Waals surface area contributed by atoms with Crippen LogP contribution in [0.1, 0.15) is 173 Å². The third-order valence-electron chi connectivity index (χ3n) is 11.1. The number of ether oxygens (including phenoxy) is 6. The second-order valence-corrected chi connectivity index (χ2v) is 16.9. The Morgan fingerprint density at radius 2 is 0.758 bits per heavy atom. The van der Waals surface area contributed by atoms with Gasteiger partial charge in [-0.2, -0.15) is 0 Å². The van der Waals surface area contributed by atoms with Gasteiger partial charge >= 0.3 is 17.9 Å². The molecule has 0 saturated carbocycles. The Morgan fingerprint density at radius 3 is 1.11 bits per heavy atom. The highest BCUT2D eigenvalue weighted by Gasteiger charge is 2.37. The van der Waals surface area contributed by atoms with E-state index in [0.717, 1.165) is 57.8 Å². The van der Waals surface area contributed by atoms with E-state index in [2.05, 4.69) is 90.8 Å². The fourth-order valence-electron chi connectivity index (χ4n) is 6.97. The zero-order valence-corrected chi connectivity index (χ0v) is 39.6. The summed E-state index contributed by atoms with van der Waals surface area (Å²) < 4.78 is 33.2. The van der Waals surface area contributed by atoms with E-state index in [1.165, 1.54) is 77.0 Å². The zero-order valence-electron chi connectivity index (χ0n) is 39.6. The van der Waals surface area contributed by atoms with Gasteiger partial charge in [-0.3, -0.25) is 14.4 Å². The highest BCUT2D eigenvalue weighted by Crippen LogP contribution is 2.28. The lowest BCUT2D eigenvalue weighted by Gasteiger charge is -2.17. The fourth-order valence-corrected chi connectivity index (χ4v) is 6.97. The van der Waals surface area contributed by atoms with Crippen molar-refractivity contribution in [1.82, 2.24) is 0 Å². The Hall–Kier alpha value is -5.13. The number of allylic oxidation sites excluding steroid dienone is 3. The normalized spacial score (nSPS) is 19.5. The molecule has 66 heavy (non-hydrogen) atoms. The molecule has 3 rings (SSSR count). The van der Waals surface area contributed by atoms with Crippen molar-refractivity contribution in [2.24, 2.45) is 0 Å². The van der Waals surface area contributed by atoms with Gasteiger partial charge in [-0.05, 0) is 93.3 Å². The van der Waals surface area contributed by atoms with Crippen LogP contribution in [-0.2, 0) is 42.8 Å². The molecule has 9 nitrogen and oxygen atoms in total.